The number of amides is 1. The first-order valence-electron chi connectivity index (χ1n) is 6.25. The van der Waals surface area contributed by atoms with E-state index in [1.54, 1.807) is 43.7 Å². The molecule has 0 fully saturated rings. The summed E-state index contributed by atoms with van der Waals surface area (Å²) in [4.78, 5) is 17.5. The fraction of sp³-hybridized carbons (Fsp3) is 0.200. The number of aromatic nitrogens is 1. The second-order valence-corrected chi connectivity index (χ2v) is 4.42. The van der Waals surface area contributed by atoms with Crippen LogP contribution in [0, 0.1) is 0 Å². The molecule has 0 saturated heterocycles. The summed E-state index contributed by atoms with van der Waals surface area (Å²) in [7, 11) is 1.67. The third-order valence-corrected chi connectivity index (χ3v) is 2.84. The van der Waals surface area contributed by atoms with Gasteiger partial charge in [0.2, 0.25) is 0 Å². The van der Waals surface area contributed by atoms with Crippen LogP contribution in [0.2, 0.25) is 0 Å². The smallest absolute Gasteiger partial charge is 0.387 e. The fourth-order valence-corrected chi connectivity index (χ4v) is 1.84. The van der Waals surface area contributed by atoms with E-state index in [2.05, 4.69) is 9.72 Å². The second-order valence-electron chi connectivity index (χ2n) is 4.42. The zero-order chi connectivity index (χ0) is 15.2. The van der Waals surface area contributed by atoms with Crippen LogP contribution < -0.4 is 4.74 Å². The van der Waals surface area contributed by atoms with E-state index in [1.165, 1.54) is 17.0 Å². The van der Waals surface area contributed by atoms with Crippen molar-refractivity contribution in [3.8, 4) is 5.75 Å². The van der Waals surface area contributed by atoms with E-state index in [0.717, 1.165) is 5.56 Å². The summed E-state index contributed by atoms with van der Waals surface area (Å²) >= 11 is 0. The average Bonchev–Trinajstić information content (AvgIpc) is 2.49. The zero-order valence-electron chi connectivity index (χ0n) is 11.4. The van der Waals surface area contributed by atoms with Crippen LogP contribution in [0.3, 0.4) is 0 Å². The van der Waals surface area contributed by atoms with E-state index in [1.807, 2.05) is 0 Å². The van der Waals surface area contributed by atoms with Crippen LogP contribution in [-0.2, 0) is 6.54 Å². The molecule has 0 spiro atoms. The number of alkyl halides is 2. The van der Waals surface area contributed by atoms with Crippen molar-refractivity contribution < 1.29 is 18.3 Å². The average molecular weight is 292 g/mol. The number of nitrogens with zero attached hydrogens (tertiary/aromatic N) is 2. The molecule has 21 heavy (non-hydrogen) atoms. The van der Waals surface area contributed by atoms with Gasteiger partial charge in [0.05, 0.1) is 0 Å². The Morgan fingerprint density at radius 3 is 2.38 bits per heavy atom. The molecular formula is C15H14F2N2O2. The Bertz CT molecular complexity index is 588. The van der Waals surface area contributed by atoms with Crippen molar-refractivity contribution in [2.75, 3.05) is 7.05 Å². The van der Waals surface area contributed by atoms with Gasteiger partial charge in [-0.1, -0.05) is 12.1 Å². The molecule has 1 aromatic carbocycles. The lowest BCUT2D eigenvalue weighted by Gasteiger charge is -2.17. The molecule has 2 aromatic rings. The molecule has 0 aliphatic rings. The number of carbonyl (C=O) groups is 1. The molecule has 0 aliphatic heterocycles. The fourth-order valence-electron chi connectivity index (χ4n) is 1.84. The molecule has 0 N–H and O–H groups in total. The highest BCUT2D eigenvalue weighted by molar-refractivity contribution is 5.93. The molecule has 4 nitrogen and oxygen atoms in total. The van der Waals surface area contributed by atoms with Gasteiger partial charge in [-0.2, -0.15) is 8.78 Å². The van der Waals surface area contributed by atoms with E-state index >= 15 is 0 Å². The lowest BCUT2D eigenvalue weighted by Crippen LogP contribution is -2.26. The maximum absolute atomic E-state index is 12.1. The lowest BCUT2D eigenvalue weighted by molar-refractivity contribution is -0.0498. The summed E-state index contributed by atoms with van der Waals surface area (Å²) in [5.41, 5.74) is 1.37. The number of rotatable bonds is 5. The lowest BCUT2D eigenvalue weighted by atomic mass is 10.2. The molecule has 1 heterocycles. The van der Waals surface area contributed by atoms with Crippen molar-refractivity contribution in [3.05, 3.63) is 59.9 Å². The van der Waals surface area contributed by atoms with Gasteiger partial charge in [0, 0.05) is 31.5 Å². The maximum Gasteiger partial charge on any atom is 0.387 e. The predicted molar refractivity (Wildman–Crippen MR) is 73.1 cm³/mol. The van der Waals surface area contributed by atoms with Crippen molar-refractivity contribution in [3.63, 3.8) is 0 Å². The highest BCUT2D eigenvalue weighted by atomic mass is 19.3. The van der Waals surface area contributed by atoms with Crippen LogP contribution in [0.25, 0.3) is 0 Å². The summed E-state index contributed by atoms with van der Waals surface area (Å²) < 4.78 is 28.4. The first-order chi connectivity index (χ1) is 10.1. The van der Waals surface area contributed by atoms with Crippen LogP contribution in [0.4, 0.5) is 8.78 Å². The molecule has 110 valence electrons. The quantitative estimate of drug-likeness (QED) is 0.851. The van der Waals surface area contributed by atoms with Gasteiger partial charge in [-0.25, -0.2) is 0 Å². The van der Waals surface area contributed by atoms with Gasteiger partial charge >= 0.3 is 6.61 Å². The number of hydrogen-bond acceptors (Lipinski definition) is 3. The summed E-state index contributed by atoms with van der Waals surface area (Å²) in [6.45, 7) is -2.47. The summed E-state index contributed by atoms with van der Waals surface area (Å²) in [5.74, 6) is -0.0397. The first-order valence-corrected chi connectivity index (χ1v) is 6.25. The van der Waals surface area contributed by atoms with E-state index in [0.29, 0.717) is 12.1 Å². The van der Waals surface area contributed by atoms with Crippen LogP contribution in [-0.4, -0.2) is 29.5 Å². The second kappa shape index (κ2) is 6.78. The molecule has 2 rings (SSSR count). The predicted octanol–water partition coefficient (Wildman–Crippen LogP) is 2.96. The standard InChI is InChI=1S/C15H14F2N2O2/c1-19(14(20)12-6-8-18-9-7-12)10-11-2-4-13(5-3-11)21-15(16)17/h2-9,15H,10H2,1H3. The number of pyridine rings is 1. The van der Waals surface area contributed by atoms with Gasteiger partial charge in [-0.15, -0.1) is 0 Å². The maximum atomic E-state index is 12.1. The molecule has 0 saturated carbocycles. The van der Waals surface area contributed by atoms with E-state index in [-0.39, 0.29) is 11.7 Å². The van der Waals surface area contributed by atoms with E-state index in [9.17, 15) is 13.6 Å². The van der Waals surface area contributed by atoms with Gasteiger partial charge in [0.1, 0.15) is 5.75 Å². The highest BCUT2D eigenvalue weighted by Crippen LogP contribution is 2.16. The van der Waals surface area contributed by atoms with Crippen molar-refractivity contribution in [2.24, 2.45) is 0 Å². The van der Waals surface area contributed by atoms with Crippen molar-refractivity contribution in [1.82, 2.24) is 9.88 Å². The minimum atomic E-state index is -2.84. The third-order valence-electron chi connectivity index (χ3n) is 2.84. The number of ether oxygens (including phenoxy) is 1. The zero-order valence-corrected chi connectivity index (χ0v) is 11.4. The van der Waals surface area contributed by atoms with Crippen LogP contribution in [0.1, 0.15) is 15.9 Å². The van der Waals surface area contributed by atoms with Crippen molar-refractivity contribution >= 4 is 5.91 Å². The molecule has 6 heteroatoms. The highest BCUT2D eigenvalue weighted by Gasteiger charge is 2.12. The largest absolute Gasteiger partial charge is 0.435 e. The van der Waals surface area contributed by atoms with Gasteiger partial charge < -0.3 is 9.64 Å². The molecule has 1 aromatic heterocycles. The SMILES string of the molecule is CN(Cc1ccc(OC(F)F)cc1)C(=O)c1ccncc1. The Morgan fingerprint density at radius 2 is 1.81 bits per heavy atom. The minimum absolute atomic E-state index is 0.0943. The molecule has 0 atom stereocenters. The minimum Gasteiger partial charge on any atom is -0.435 e. The van der Waals surface area contributed by atoms with Crippen molar-refractivity contribution in [1.29, 1.82) is 0 Å². The van der Waals surface area contributed by atoms with Crippen LogP contribution >= 0.6 is 0 Å². The molecule has 1 amide bonds. The monoisotopic (exact) mass is 292 g/mol. The first kappa shape index (κ1) is 14.9. The van der Waals surface area contributed by atoms with E-state index in [4.69, 9.17) is 0 Å². The summed E-state index contributed by atoms with van der Waals surface area (Å²) in [5, 5.41) is 0. The Morgan fingerprint density at radius 1 is 1.19 bits per heavy atom. The Labute approximate surface area is 121 Å². The van der Waals surface area contributed by atoms with Gasteiger partial charge in [-0.3, -0.25) is 9.78 Å². The van der Waals surface area contributed by atoms with Gasteiger partial charge in [-0.05, 0) is 29.8 Å². The summed E-state index contributed by atoms with van der Waals surface area (Å²) in [6, 6.07) is 9.47. The van der Waals surface area contributed by atoms with Crippen LogP contribution in [0.15, 0.2) is 48.8 Å². The third kappa shape index (κ3) is 4.24. The Balaban J connectivity index is 1.99. The molecule has 0 unspecified atom stereocenters. The molecule has 0 radical (unpaired) electrons. The van der Waals surface area contributed by atoms with E-state index < -0.39 is 6.61 Å². The number of hydrogen-bond donors (Lipinski definition) is 0. The summed E-state index contributed by atoms with van der Waals surface area (Å²) in [6.07, 6.45) is 3.11. The topological polar surface area (TPSA) is 42.4 Å². The molecular weight excluding hydrogens is 278 g/mol. The molecule has 0 aliphatic carbocycles. The van der Waals surface area contributed by atoms with Crippen molar-refractivity contribution in [2.45, 2.75) is 13.2 Å². The van der Waals surface area contributed by atoms with Crippen LogP contribution in [0.5, 0.6) is 5.75 Å². The Hall–Kier alpha value is -2.50. The number of halogens is 2. The van der Waals surface area contributed by atoms with Gasteiger partial charge in [0.25, 0.3) is 5.91 Å². The number of carbonyl (C=O) groups excluding carboxylic acids is 1. The number of benzene rings is 1. The van der Waals surface area contributed by atoms with Gasteiger partial charge in [0.15, 0.2) is 0 Å². The molecule has 0 bridgehead atoms. The normalized spacial score (nSPS) is 10.5. The Kier molecular flexibility index (Phi) is 4.81.